The Hall–Kier alpha value is -1.66. The van der Waals surface area contributed by atoms with Gasteiger partial charge in [-0.3, -0.25) is 9.78 Å². The fraction of sp³-hybridized carbons (Fsp3) is 0.647. The zero-order valence-electron chi connectivity index (χ0n) is 13.3. The van der Waals surface area contributed by atoms with Gasteiger partial charge < -0.3 is 19.5 Å². The van der Waals surface area contributed by atoms with Gasteiger partial charge in [0.2, 0.25) is 0 Å². The predicted octanol–water partition coefficient (Wildman–Crippen LogP) is 1.41. The van der Waals surface area contributed by atoms with Gasteiger partial charge in [0.25, 0.3) is 5.91 Å². The molecule has 1 aromatic heterocycles. The van der Waals surface area contributed by atoms with Crippen LogP contribution in [0.3, 0.4) is 0 Å². The summed E-state index contributed by atoms with van der Waals surface area (Å²) < 4.78 is 16.5. The Morgan fingerprint density at radius 3 is 2.87 bits per heavy atom. The van der Waals surface area contributed by atoms with Crippen molar-refractivity contribution in [3.63, 3.8) is 0 Å². The highest BCUT2D eigenvalue weighted by Gasteiger charge is 2.34. The van der Waals surface area contributed by atoms with E-state index < -0.39 is 0 Å². The lowest BCUT2D eigenvalue weighted by Crippen LogP contribution is -2.50. The minimum absolute atomic E-state index is 0.0174. The van der Waals surface area contributed by atoms with E-state index in [1.165, 1.54) is 0 Å². The molecule has 0 unspecified atom stereocenters. The van der Waals surface area contributed by atoms with Crippen LogP contribution in [0.2, 0.25) is 0 Å². The van der Waals surface area contributed by atoms with E-state index in [9.17, 15) is 4.79 Å². The van der Waals surface area contributed by atoms with E-state index in [4.69, 9.17) is 14.2 Å². The molecule has 1 aromatic rings. The number of ether oxygens (including phenoxy) is 3. The maximum atomic E-state index is 12.2. The van der Waals surface area contributed by atoms with Crippen molar-refractivity contribution in [2.75, 3.05) is 33.0 Å². The van der Waals surface area contributed by atoms with Crippen molar-refractivity contribution in [2.24, 2.45) is 11.8 Å². The molecule has 0 radical (unpaired) electrons. The maximum Gasteiger partial charge on any atom is 0.258 e. The first-order valence-electron chi connectivity index (χ1n) is 8.30. The van der Waals surface area contributed by atoms with Gasteiger partial charge in [0.05, 0.1) is 12.8 Å². The minimum Gasteiger partial charge on any atom is -0.482 e. The highest BCUT2D eigenvalue weighted by molar-refractivity contribution is 5.77. The van der Waals surface area contributed by atoms with Crippen molar-refractivity contribution in [1.29, 1.82) is 0 Å². The van der Waals surface area contributed by atoms with Crippen LogP contribution in [0.25, 0.3) is 0 Å². The second-order valence-corrected chi connectivity index (χ2v) is 6.13. The fourth-order valence-corrected chi connectivity index (χ4v) is 3.38. The summed E-state index contributed by atoms with van der Waals surface area (Å²) in [7, 11) is 0. The summed E-state index contributed by atoms with van der Waals surface area (Å²) in [5, 5.41) is 3.13. The number of aromatic nitrogens is 1. The molecule has 2 saturated heterocycles. The number of nitrogens with one attached hydrogen (secondary N) is 1. The lowest BCUT2D eigenvalue weighted by Gasteiger charge is -2.39. The molecule has 0 aromatic carbocycles. The van der Waals surface area contributed by atoms with Crippen LogP contribution in [-0.2, 0) is 14.3 Å². The third kappa shape index (κ3) is 4.65. The molecule has 1 N–H and O–H groups in total. The minimum atomic E-state index is -0.0854. The number of hydrogen-bond acceptors (Lipinski definition) is 5. The normalized spacial score (nSPS) is 25.7. The number of rotatable bonds is 5. The summed E-state index contributed by atoms with van der Waals surface area (Å²) in [4.78, 5) is 16.2. The van der Waals surface area contributed by atoms with Gasteiger partial charge in [-0.25, -0.2) is 0 Å². The molecule has 2 aliphatic rings. The third-order valence-corrected chi connectivity index (χ3v) is 4.62. The second kappa shape index (κ2) is 8.26. The van der Waals surface area contributed by atoms with Gasteiger partial charge >= 0.3 is 0 Å². The molecule has 3 heterocycles. The van der Waals surface area contributed by atoms with Crippen LogP contribution in [0, 0.1) is 11.8 Å². The summed E-state index contributed by atoms with van der Waals surface area (Å²) in [6.45, 7) is 3.06. The van der Waals surface area contributed by atoms with Gasteiger partial charge in [0, 0.05) is 38.0 Å². The van der Waals surface area contributed by atoms with Crippen LogP contribution in [0.4, 0.5) is 0 Å². The monoisotopic (exact) mass is 320 g/mol. The summed E-state index contributed by atoms with van der Waals surface area (Å²) in [6.07, 6.45) is 6.24. The van der Waals surface area contributed by atoms with Gasteiger partial charge in [-0.2, -0.15) is 0 Å². The third-order valence-electron chi connectivity index (χ3n) is 4.62. The van der Waals surface area contributed by atoms with Crippen LogP contribution < -0.4 is 10.1 Å². The van der Waals surface area contributed by atoms with Crippen LogP contribution >= 0.6 is 0 Å². The van der Waals surface area contributed by atoms with Crippen molar-refractivity contribution >= 4 is 5.91 Å². The molecule has 0 spiro atoms. The topological polar surface area (TPSA) is 69.7 Å². The van der Waals surface area contributed by atoms with Crippen LogP contribution in [0.1, 0.15) is 19.3 Å². The molecule has 0 aliphatic carbocycles. The van der Waals surface area contributed by atoms with Crippen molar-refractivity contribution in [1.82, 2.24) is 10.3 Å². The number of nitrogens with zero attached hydrogens (tertiary/aromatic N) is 1. The highest BCUT2D eigenvalue weighted by atomic mass is 16.5. The van der Waals surface area contributed by atoms with Gasteiger partial charge in [-0.1, -0.05) is 0 Å². The highest BCUT2D eigenvalue weighted by Crippen LogP contribution is 2.30. The molecule has 23 heavy (non-hydrogen) atoms. The second-order valence-electron chi connectivity index (χ2n) is 6.13. The van der Waals surface area contributed by atoms with Crippen LogP contribution in [0.15, 0.2) is 24.5 Å². The molecule has 126 valence electrons. The lowest BCUT2D eigenvalue weighted by atomic mass is 9.79. The largest absolute Gasteiger partial charge is 0.482 e. The van der Waals surface area contributed by atoms with E-state index in [1.54, 1.807) is 24.5 Å². The molecule has 3 rings (SSSR count). The van der Waals surface area contributed by atoms with E-state index in [0.29, 0.717) is 24.2 Å². The molecule has 2 aliphatic heterocycles. The first-order valence-corrected chi connectivity index (χ1v) is 8.30. The van der Waals surface area contributed by atoms with E-state index in [-0.39, 0.29) is 18.6 Å². The molecule has 2 fully saturated rings. The number of carbonyl (C=O) groups excluding carboxylic acids is 1. The molecule has 0 bridgehead atoms. The quantitative estimate of drug-likeness (QED) is 0.888. The first kappa shape index (κ1) is 16.2. The van der Waals surface area contributed by atoms with Crippen molar-refractivity contribution in [3.05, 3.63) is 24.5 Å². The smallest absolute Gasteiger partial charge is 0.258 e. The Morgan fingerprint density at radius 1 is 1.26 bits per heavy atom. The van der Waals surface area contributed by atoms with Crippen molar-refractivity contribution < 1.29 is 19.0 Å². The Bertz CT molecular complexity index is 491. The molecular formula is C17H24N2O4. The average molecular weight is 320 g/mol. The van der Waals surface area contributed by atoms with Gasteiger partial charge in [0.1, 0.15) is 5.75 Å². The average Bonchev–Trinajstić information content (AvgIpc) is 2.62. The lowest BCUT2D eigenvalue weighted by molar-refractivity contribution is -0.125. The molecule has 1 amide bonds. The Labute approximate surface area is 136 Å². The van der Waals surface area contributed by atoms with Crippen LogP contribution in [-0.4, -0.2) is 50.0 Å². The molecule has 0 saturated carbocycles. The number of pyridine rings is 1. The molecule has 6 heteroatoms. The van der Waals surface area contributed by atoms with E-state index in [0.717, 1.165) is 39.1 Å². The summed E-state index contributed by atoms with van der Waals surface area (Å²) >= 11 is 0. The predicted molar refractivity (Wildman–Crippen MR) is 84.1 cm³/mol. The van der Waals surface area contributed by atoms with Gasteiger partial charge in [-0.05, 0) is 37.3 Å². The molecule has 2 atom stereocenters. The maximum absolute atomic E-state index is 12.2. The first-order chi connectivity index (χ1) is 11.3. The van der Waals surface area contributed by atoms with E-state index in [2.05, 4.69) is 10.3 Å². The summed E-state index contributed by atoms with van der Waals surface area (Å²) in [6, 6.07) is 3.74. The van der Waals surface area contributed by atoms with Gasteiger partial charge in [-0.15, -0.1) is 0 Å². The number of amides is 1. The van der Waals surface area contributed by atoms with E-state index in [1.807, 2.05) is 0 Å². The van der Waals surface area contributed by atoms with Gasteiger partial charge in [0.15, 0.2) is 6.61 Å². The zero-order chi connectivity index (χ0) is 15.9. The Morgan fingerprint density at radius 2 is 2.09 bits per heavy atom. The standard InChI is InChI=1S/C17H24N2O4/c20-17(12-23-14-2-1-6-18-10-14)19-16-5-9-22-11-15(16)13-3-7-21-8-4-13/h1-2,6,10,13,15-16H,3-5,7-9,11-12H2,(H,19,20)/t15-,16-/m1/s1. The van der Waals surface area contributed by atoms with Crippen LogP contribution in [0.5, 0.6) is 5.75 Å². The Balaban J connectivity index is 1.50. The van der Waals surface area contributed by atoms with E-state index >= 15 is 0 Å². The summed E-state index contributed by atoms with van der Waals surface area (Å²) in [5.41, 5.74) is 0. The number of hydrogen-bond donors (Lipinski definition) is 1. The molecular weight excluding hydrogens is 296 g/mol. The SMILES string of the molecule is O=C(COc1cccnc1)N[C@@H]1CCOC[C@@H]1C1CCOCC1. The van der Waals surface area contributed by atoms with Crippen molar-refractivity contribution in [2.45, 2.75) is 25.3 Å². The fourth-order valence-electron chi connectivity index (χ4n) is 3.38. The molecule has 6 nitrogen and oxygen atoms in total. The number of carbonyl (C=O) groups is 1. The zero-order valence-corrected chi connectivity index (χ0v) is 13.3. The summed E-state index contributed by atoms with van der Waals surface area (Å²) in [5.74, 6) is 1.46. The van der Waals surface area contributed by atoms with Crippen molar-refractivity contribution in [3.8, 4) is 5.75 Å². The Kier molecular flexibility index (Phi) is 5.82.